The summed E-state index contributed by atoms with van der Waals surface area (Å²) in [6.45, 7) is 8.53. The van der Waals surface area contributed by atoms with Crippen LogP contribution in [0, 0.1) is 11.8 Å². The molecule has 0 spiro atoms. The molecule has 0 saturated heterocycles. The van der Waals surface area contributed by atoms with Crippen LogP contribution in [0.25, 0.3) is 0 Å². The fourth-order valence-electron chi connectivity index (χ4n) is 2.69. The van der Waals surface area contributed by atoms with Crippen molar-refractivity contribution < 1.29 is 10.3 Å². The van der Waals surface area contributed by atoms with Crippen LogP contribution in [0.1, 0.15) is 79.1 Å². The predicted octanol–water partition coefficient (Wildman–Crippen LogP) is 4.61. The SMILES string of the molecule is CCCC[C@H](CC)/C(=N/O)[C@@H](O)[C@H](CC)CCCC. The van der Waals surface area contributed by atoms with E-state index in [0.29, 0.717) is 5.71 Å². The maximum atomic E-state index is 10.5. The molecular weight excluding hydrogens is 238 g/mol. The molecule has 0 aromatic heterocycles. The van der Waals surface area contributed by atoms with Gasteiger partial charge < -0.3 is 10.3 Å². The number of oxime groups is 1. The van der Waals surface area contributed by atoms with Crippen molar-refractivity contribution in [1.29, 1.82) is 0 Å². The van der Waals surface area contributed by atoms with Crippen molar-refractivity contribution in [1.82, 2.24) is 0 Å². The summed E-state index contributed by atoms with van der Waals surface area (Å²) in [6, 6.07) is 0. The van der Waals surface area contributed by atoms with Gasteiger partial charge in [-0.15, -0.1) is 0 Å². The van der Waals surface area contributed by atoms with Crippen LogP contribution in [0.15, 0.2) is 5.16 Å². The summed E-state index contributed by atoms with van der Waals surface area (Å²) in [7, 11) is 0. The summed E-state index contributed by atoms with van der Waals surface area (Å²) in [5.74, 6) is 0.442. The summed E-state index contributed by atoms with van der Waals surface area (Å²) in [4.78, 5) is 0. The first-order valence-electron chi connectivity index (χ1n) is 8.05. The summed E-state index contributed by atoms with van der Waals surface area (Å²) >= 11 is 0. The van der Waals surface area contributed by atoms with Crippen molar-refractivity contribution in [2.24, 2.45) is 17.0 Å². The van der Waals surface area contributed by atoms with Gasteiger partial charge in [-0.3, -0.25) is 0 Å². The lowest BCUT2D eigenvalue weighted by Gasteiger charge is -2.26. The second-order valence-electron chi connectivity index (χ2n) is 5.53. The highest BCUT2D eigenvalue weighted by Gasteiger charge is 2.27. The first-order valence-corrected chi connectivity index (χ1v) is 8.05. The van der Waals surface area contributed by atoms with Crippen LogP contribution in [0.3, 0.4) is 0 Å². The minimum Gasteiger partial charge on any atom is -0.411 e. The standard InChI is InChI=1S/C16H33NO2/c1-5-9-11-13(7-3)15(17-19)16(18)14(8-4)12-10-6-2/h13-14,16,18-19H,5-12H2,1-4H3/b17-15-/t13-,14+,16-/m0/s1. The van der Waals surface area contributed by atoms with E-state index in [9.17, 15) is 10.3 Å². The zero-order valence-electron chi connectivity index (χ0n) is 13.2. The Hall–Kier alpha value is -0.570. The fourth-order valence-corrected chi connectivity index (χ4v) is 2.69. The highest BCUT2D eigenvalue weighted by Crippen LogP contribution is 2.24. The summed E-state index contributed by atoms with van der Waals surface area (Å²) in [5.41, 5.74) is 0.610. The third-order valence-electron chi connectivity index (χ3n) is 4.14. The number of hydrogen-bond donors (Lipinski definition) is 2. The van der Waals surface area contributed by atoms with Gasteiger partial charge in [-0.25, -0.2) is 0 Å². The average Bonchev–Trinajstić information content (AvgIpc) is 2.44. The maximum absolute atomic E-state index is 10.5. The Morgan fingerprint density at radius 2 is 1.53 bits per heavy atom. The Kier molecular flexibility index (Phi) is 10.9. The van der Waals surface area contributed by atoms with Gasteiger partial charge in [0.25, 0.3) is 0 Å². The van der Waals surface area contributed by atoms with Crippen LogP contribution < -0.4 is 0 Å². The summed E-state index contributed by atoms with van der Waals surface area (Å²) < 4.78 is 0. The fraction of sp³-hybridized carbons (Fsp3) is 0.938. The third-order valence-corrected chi connectivity index (χ3v) is 4.14. The molecule has 0 aliphatic rings. The molecule has 0 aromatic rings. The predicted molar refractivity (Wildman–Crippen MR) is 81.8 cm³/mol. The number of aliphatic hydroxyl groups is 1. The van der Waals surface area contributed by atoms with E-state index in [1.54, 1.807) is 0 Å². The van der Waals surface area contributed by atoms with Crippen LogP contribution in [0.5, 0.6) is 0 Å². The third kappa shape index (κ3) is 6.42. The zero-order chi connectivity index (χ0) is 14.7. The van der Waals surface area contributed by atoms with E-state index >= 15 is 0 Å². The molecule has 19 heavy (non-hydrogen) atoms. The molecule has 0 rings (SSSR count). The molecule has 0 heterocycles. The summed E-state index contributed by atoms with van der Waals surface area (Å²) in [5, 5.41) is 23.3. The molecule has 2 N–H and O–H groups in total. The van der Waals surface area contributed by atoms with E-state index in [-0.39, 0.29) is 11.8 Å². The molecule has 3 heteroatoms. The maximum Gasteiger partial charge on any atom is 0.0984 e. The molecule has 0 aromatic carbocycles. The van der Waals surface area contributed by atoms with Gasteiger partial charge in [0.2, 0.25) is 0 Å². The highest BCUT2D eigenvalue weighted by molar-refractivity contribution is 5.90. The highest BCUT2D eigenvalue weighted by atomic mass is 16.4. The van der Waals surface area contributed by atoms with E-state index in [0.717, 1.165) is 51.4 Å². The number of rotatable bonds is 11. The van der Waals surface area contributed by atoms with Crippen LogP contribution >= 0.6 is 0 Å². The number of hydrogen-bond acceptors (Lipinski definition) is 3. The van der Waals surface area contributed by atoms with E-state index in [2.05, 4.69) is 32.9 Å². The normalized spacial score (nSPS) is 17.2. The van der Waals surface area contributed by atoms with Gasteiger partial charge in [-0.2, -0.15) is 0 Å². The molecule has 0 saturated carbocycles. The molecule has 0 bridgehead atoms. The van der Waals surface area contributed by atoms with Gasteiger partial charge in [0.1, 0.15) is 0 Å². The molecule has 114 valence electrons. The van der Waals surface area contributed by atoms with Crippen LogP contribution in [-0.2, 0) is 0 Å². The molecule has 0 fully saturated rings. The molecule has 0 aliphatic carbocycles. The lowest BCUT2D eigenvalue weighted by molar-refractivity contribution is 0.146. The van der Waals surface area contributed by atoms with Crippen molar-refractivity contribution in [2.45, 2.75) is 85.2 Å². The van der Waals surface area contributed by atoms with Gasteiger partial charge in [0.05, 0.1) is 11.8 Å². The Balaban J connectivity index is 4.69. The molecule has 0 aliphatic heterocycles. The lowest BCUT2D eigenvalue weighted by Crippen LogP contribution is -2.34. The topological polar surface area (TPSA) is 52.8 Å². The van der Waals surface area contributed by atoms with Crippen LogP contribution in [0.2, 0.25) is 0 Å². The van der Waals surface area contributed by atoms with Crippen LogP contribution in [0.4, 0.5) is 0 Å². The Bertz CT molecular complexity index is 241. The average molecular weight is 271 g/mol. The van der Waals surface area contributed by atoms with Gasteiger partial charge in [-0.1, -0.05) is 65.0 Å². The van der Waals surface area contributed by atoms with E-state index < -0.39 is 6.10 Å². The minimum absolute atomic E-state index is 0.218. The van der Waals surface area contributed by atoms with E-state index in [4.69, 9.17) is 0 Å². The monoisotopic (exact) mass is 271 g/mol. The van der Waals surface area contributed by atoms with Gasteiger partial charge >= 0.3 is 0 Å². The molecule has 0 radical (unpaired) electrons. The largest absolute Gasteiger partial charge is 0.411 e. The smallest absolute Gasteiger partial charge is 0.0984 e. The minimum atomic E-state index is -0.580. The lowest BCUT2D eigenvalue weighted by atomic mass is 9.83. The second-order valence-corrected chi connectivity index (χ2v) is 5.53. The number of nitrogens with zero attached hydrogens (tertiary/aromatic N) is 1. The molecule has 0 unspecified atom stereocenters. The number of aliphatic hydroxyl groups excluding tert-OH is 1. The zero-order valence-corrected chi connectivity index (χ0v) is 13.2. The Morgan fingerprint density at radius 3 is 1.95 bits per heavy atom. The number of unbranched alkanes of at least 4 members (excludes halogenated alkanes) is 2. The van der Waals surface area contributed by atoms with Crippen molar-refractivity contribution in [3.05, 3.63) is 0 Å². The quantitative estimate of drug-likeness (QED) is 0.327. The van der Waals surface area contributed by atoms with Crippen molar-refractivity contribution in [2.75, 3.05) is 0 Å². The Morgan fingerprint density at radius 1 is 0.947 bits per heavy atom. The van der Waals surface area contributed by atoms with E-state index in [1.807, 2.05) is 0 Å². The molecule has 0 amide bonds. The molecule has 3 atom stereocenters. The first kappa shape index (κ1) is 18.4. The first-order chi connectivity index (χ1) is 9.15. The second kappa shape index (κ2) is 11.3. The summed E-state index contributed by atoms with van der Waals surface area (Å²) in [6.07, 6.45) is 7.83. The van der Waals surface area contributed by atoms with Gasteiger partial charge in [0, 0.05) is 5.92 Å². The molecular formula is C16H33NO2. The van der Waals surface area contributed by atoms with Crippen LogP contribution in [-0.4, -0.2) is 22.1 Å². The molecule has 3 nitrogen and oxygen atoms in total. The van der Waals surface area contributed by atoms with Gasteiger partial charge in [0.15, 0.2) is 0 Å². The van der Waals surface area contributed by atoms with Crippen molar-refractivity contribution >= 4 is 5.71 Å². The van der Waals surface area contributed by atoms with E-state index in [1.165, 1.54) is 0 Å². The van der Waals surface area contributed by atoms with Gasteiger partial charge in [-0.05, 0) is 25.2 Å². The Labute approximate surface area is 119 Å². The van der Waals surface area contributed by atoms with Crippen molar-refractivity contribution in [3.8, 4) is 0 Å². The van der Waals surface area contributed by atoms with Crippen molar-refractivity contribution in [3.63, 3.8) is 0 Å².